The van der Waals surface area contributed by atoms with Crippen LogP contribution < -0.4 is 15.0 Å². The first kappa shape index (κ1) is 19.4. The molecule has 1 aliphatic heterocycles. The van der Waals surface area contributed by atoms with E-state index in [-0.39, 0.29) is 12.5 Å². The van der Waals surface area contributed by atoms with Crippen LogP contribution in [0.15, 0.2) is 42.5 Å². The highest BCUT2D eigenvalue weighted by Crippen LogP contribution is 2.33. The Balaban J connectivity index is 1.83. The molecule has 0 aliphatic carbocycles. The molecule has 0 bridgehead atoms. The Morgan fingerprint density at radius 2 is 1.89 bits per heavy atom. The quantitative estimate of drug-likeness (QED) is 0.828. The number of carbonyl (C=O) groups excluding carboxylic acids is 2. The summed E-state index contributed by atoms with van der Waals surface area (Å²) in [6.07, 6.45) is -0.725. The summed E-state index contributed by atoms with van der Waals surface area (Å²) in [6.45, 7) is 5.01. The van der Waals surface area contributed by atoms with Crippen molar-refractivity contribution in [2.75, 3.05) is 11.4 Å². The number of hydrogen-bond acceptors (Lipinski definition) is 4. The molecule has 1 aliphatic rings. The van der Waals surface area contributed by atoms with Gasteiger partial charge in [0.25, 0.3) is 5.91 Å². The lowest BCUT2D eigenvalue weighted by Crippen LogP contribution is -2.49. The number of fused-ring (bicyclic) bond motifs is 1. The van der Waals surface area contributed by atoms with Gasteiger partial charge in [-0.15, -0.1) is 0 Å². The number of hydrogen-bond donors (Lipinski definition) is 2. The lowest BCUT2D eigenvalue weighted by atomic mass is 9.97. The SMILES string of the molecule is Cc1cccc(C(NC(=O)CN2C(=O)C(C)Oc3ccccc32)C(=O)O)c1C. The lowest BCUT2D eigenvalue weighted by molar-refractivity contribution is -0.141. The number of aryl methyl sites for hydroxylation is 1. The van der Waals surface area contributed by atoms with Gasteiger partial charge >= 0.3 is 5.97 Å². The number of carbonyl (C=O) groups is 3. The lowest BCUT2D eigenvalue weighted by Gasteiger charge is -2.32. The monoisotopic (exact) mass is 382 g/mol. The molecule has 0 saturated heterocycles. The van der Waals surface area contributed by atoms with Gasteiger partial charge in [-0.1, -0.05) is 30.3 Å². The third kappa shape index (κ3) is 3.69. The molecule has 0 fully saturated rings. The molecule has 1 heterocycles. The molecule has 7 heteroatoms. The Morgan fingerprint density at radius 3 is 2.61 bits per heavy atom. The van der Waals surface area contributed by atoms with Crippen LogP contribution in [0.2, 0.25) is 0 Å². The van der Waals surface area contributed by atoms with Gasteiger partial charge in [-0.25, -0.2) is 4.79 Å². The number of carboxylic acid groups (broad SMARTS) is 1. The molecule has 2 aromatic carbocycles. The van der Waals surface area contributed by atoms with Gasteiger partial charge in [0.05, 0.1) is 5.69 Å². The van der Waals surface area contributed by atoms with Crippen molar-refractivity contribution in [2.45, 2.75) is 32.9 Å². The van der Waals surface area contributed by atoms with E-state index in [0.717, 1.165) is 11.1 Å². The van der Waals surface area contributed by atoms with E-state index in [0.29, 0.717) is 17.0 Å². The second-order valence-corrected chi connectivity index (χ2v) is 6.78. The molecule has 2 atom stereocenters. The maximum Gasteiger partial charge on any atom is 0.330 e. The van der Waals surface area contributed by atoms with E-state index < -0.39 is 24.0 Å². The zero-order valence-corrected chi connectivity index (χ0v) is 15.9. The molecule has 28 heavy (non-hydrogen) atoms. The number of benzene rings is 2. The second-order valence-electron chi connectivity index (χ2n) is 6.78. The van der Waals surface area contributed by atoms with Crippen LogP contribution >= 0.6 is 0 Å². The van der Waals surface area contributed by atoms with Gasteiger partial charge in [-0.3, -0.25) is 14.5 Å². The summed E-state index contributed by atoms with van der Waals surface area (Å²) >= 11 is 0. The maximum atomic E-state index is 12.6. The van der Waals surface area contributed by atoms with Crippen molar-refractivity contribution in [3.63, 3.8) is 0 Å². The first-order valence-electron chi connectivity index (χ1n) is 8.95. The number of aliphatic carboxylic acids is 1. The van der Waals surface area contributed by atoms with Crippen LogP contribution in [-0.4, -0.2) is 35.5 Å². The molecule has 0 radical (unpaired) electrons. The number of rotatable bonds is 5. The molecule has 0 saturated carbocycles. The molecule has 146 valence electrons. The van der Waals surface area contributed by atoms with E-state index >= 15 is 0 Å². The smallest absolute Gasteiger partial charge is 0.330 e. The predicted octanol–water partition coefficient (Wildman–Crippen LogP) is 2.36. The summed E-state index contributed by atoms with van der Waals surface area (Å²) in [5, 5.41) is 12.2. The summed E-state index contributed by atoms with van der Waals surface area (Å²) in [7, 11) is 0. The standard InChI is InChI=1S/C21H22N2O5/c1-12-7-6-8-15(13(12)2)19(21(26)27)22-18(24)11-23-16-9-4-5-10-17(16)28-14(3)20(23)25/h4-10,14,19H,11H2,1-3H3,(H,22,24)(H,26,27). The zero-order chi connectivity index (χ0) is 20.4. The van der Waals surface area contributed by atoms with E-state index in [1.165, 1.54) is 4.90 Å². The van der Waals surface area contributed by atoms with Crippen molar-refractivity contribution in [3.8, 4) is 5.75 Å². The van der Waals surface area contributed by atoms with Gasteiger partial charge in [0.2, 0.25) is 5.91 Å². The van der Waals surface area contributed by atoms with Gasteiger partial charge in [0.15, 0.2) is 12.1 Å². The predicted molar refractivity (Wildman–Crippen MR) is 103 cm³/mol. The first-order valence-corrected chi connectivity index (χ1v) is 8.95. The van der Waals surface area contributed by atoms with Crippen molar-refractivity contribution < 1.29 is 24.2 Å². The molecule has 2 aromatic rings. The Kier molecular flexibility index (Phi) is 5.35. The van der Waals surface area contributed by atoms with Crippen molar-refractivity contribution in [3.05, 3.63) is 59.2 Å². The highest BCUT2D eigenvalue weighted by atomic mass is 16.5. The molecular formula is C21H22N2O5. The number of anilines is 1. The Bertz CT molecular complexity index is 940. The van der Waals surface area contributed by atoms with Crippen LogP contribution in [0.25, 0.3) is 0 Å². The van der Waals surface area contributed by atoms with Gasteiger partial charge < -0.3 is 15.2 Å². The molecule has 3 rings (SSSR count). The highest BCUT2D eigenvalue weighted by molar-refractivity contribution is 6.04. The van der Waals surface area contributed by atoms with Crippen molar-refractivity contribution in [1.82, 2.24) is 5.32 Å². The van der Waals surface area contributed by atoms with E-state index in [4.69, 9.17) is 4.74 Å². The Hall–Kier alpha value is -3.35. The number of ether oxygens (including phenoxy) is 1. The van der Waals surface area contributed by atoms with Gasteiger partial charge in [0.1, 0.15) is 12.3 Å². The Labute approximate surface area is 162 Å². The Morgan fingerprint density at radius 1 is 1.18 bits per heavy atom. The third-order valence-corrected chi connectivity index (χ3v) is 4.89. The van der Waals surface area contributed by atoms with E-state index in [1.54, 1.807) is 43.3 Å². The van der Waals surface area contributed by atoms with Crippen molar-refractivity contribution in [1.29, 1.82) is 0 Å². The second kappa shape index (κ2) is 7.72. The fraction of sp³-hybridized carbons (Fsp3) is 0.286. The third-order valence-electron chi connectivity index (χ3n) is 4.89. The minimum atomic E-state index is -1.20. The minimum Gasteiger partial charge on any atom is -0.479 e. The summed E-state index contributed by atoms with van der Waals surface area (Å²) in [5.74, 6) is -1.58. The number of nitrogens with zero attached hydrogens (tertiary/aromatic N) is 1. The number of nitrogens with one attached hydrogen (secondary N) is 1. The number of amides is 2. The normalized spacial score (nSPS) is 16.8. The van der Waals surface area contributed by atoms with Crippen LogP contribution in [0.5, 0.6) is 5.75 Å². The minimum absolute atomic E-state index is 0.293. The average Bonchev–Trinajstić information content (AvgIpc) is 2.66. The fourth-order valence-electron chi connectivity index (χ4n) is 3.23. The average molecular weight is 382 g/mol. The van der Waals surface area contributed by atoms with E-state index in [1.807, 2.05) is 19.9 Å². The number of carboxylic acids is 1. The van der Waals surface area contributed by atoms with Crippen LogP contribution in [0.4, 0.5) is 5.69 Å². The summed E-state index contributed by atoms with van der Waals surface area (Å²) in [4.78, 5) is 38.3. The van der Waals surface area contributed by atoms with E-state index in [9.17, 15) is 19.5 Å². The molecule has 2 N–H and O–H groups in total. The van der Waals surface area contributed by atoms with Gasteiger partial charge in [-0.2, -0.15) is 0 Å². The van der Waals surface area contributed by atoms with Crippen molar-refractivity contribution in [2.24, 2.45) is 0 Å². The number of para-hydroxylation sites is 2. The van der Waals surface area contributed by atoms with Crippen LogP contribution in [0.1, 0.15) is 29.7 Å². The molecule has 2 unspecified atom stereocenters. The molecule has 2 amide bonds. The van der Waals surface area contributed by atoms with Crippen LogP contribution in [-0.2, 0) is 14.4 Å². The molecular weight excluding hydrogens is 360 g/mol. The largest absolute Gasteiger partial charge is 0.479 e. The summed E-state index contributed by atoms with van der Waals surface area (Å²) < 4.78 is 5.56. The molecule has 7 nitrogen and oxygen atoms in total. The maximum absolute atomic E-state index is 12.6. The fourth-order valence-corrected chi connectivity index (χ4v) is 3.23. The molecule has 0 spiro atoms. The zero-order valence-electron chi connectivity index (χ0n) is 15.9. The topological polar surface area (TPSA) is 95.9 Å². The summed E-state index contributed by atoms with van der Waals surface area (Å²) in [5.41, 5.74) is 2.74. The van der Waals surface area contributed by atoms with Crippen molar-refractivity contribution >= 4 is 23.5 Å². The van der Waals surface area contributed by atoms with E-state index in [2.05, 4.69) is 5.32 Å². The molecule has 0 aromatic heterocycles. The highest BCUT2D eigenvalue weighted by Gasteiger charge is 2.33. The summed E-state index contributed by atoms with van der Waals surface area (Å²) in [6, 6.07) is 11.0. The first-order chi connectivity index (χ1) is 13.3. The van der Waals surface area contributed by atoms with Crippen LogP contribution in [0, 0.1) is 13.8 Å². The van der Waals surface area contributed by atoms with Crippen LogP contribution in [0.3, 0.4) is 0 Å². The van der Waals surface area contributed by atoms with Gasteiger partial charge in [-0.05, 0) is 49.6 Å². The van der Waals surface area contributed by atoms with Gasteiger partial charge in [0, 0.05) is 0 Å².